The Labute approximate surface area is 358 Å². The van der Waals surface area contributed by atoms with Gasteiger partial charge in [-0.25, -0.2) is 0 Å². The molecule has 58 heavy (non-hydrogen) atoms. The summed E-state index contributed by atoms with van der Waals surface area (Å²) in [7, 11) is 0. The topological polar surface area (TPSA) is 37.7 Å². The molecule has 0 spiro atoms. The van der Waals surface area contributed by atoms with Crippen LogP contribution in [0, 0.1) is 35.5 Å². The molecule has 6 aliphatic carbocycles. The molecule has 0 aromatic heterocycles. The molecule has 0 bridgehead atoms. The van der Waals surface area contributed by atoms with Gasteiger partial charge in [-0.3, -0.25) is 19.8 Å². The minimum atomic E-state index is 0.696. The van der Waals surface area contributed by atoms with Crippen LogP contribution in [0.2, 0.25) is 0 Å². The maximum absolute atomic E-state index is 5.40. The van der Waals surface area contributed by atoms with E-state index in [2.05, 4.69) is 46.1 Å². The monoisotopic (exact) mass is 801 g/mol. The zero-order valence-corrected chi connectivity index (χ0v) is 38.2. The van der Waals surface area contributed by atoms with Crippen molar-refractivity contribution in [2.75, 3.05) is 26.2 Å². The fourth-order valence-electron chi connectivity index (χ4n) is 15.4. The summed E-state index contributed by atoms with van der Waals surface area (Å²) in [5.74, 6) is 5.24. The second-order valence-corrected chi connectivity index (χ2v) is 21.6. The molecule has 0 aromatic carbocycles. The molecule has 0 amide bonds. The Bertz CT molecular complexity index is 1130. The van der Waals surface area contributed by atoms with Crippen LogP contribution in [0.4, 0.5) is 0 Å². The molecule has 6 saturated carbocycles. The molecular weight excluding hydrogens is 709 g/mol. The molecule has 6 heteroatoms. The highest BCUT2D eigenvalue weighted by molar-refractivity contribution is 5.61. The average Bonchev–Trinajstić information content (AvgIpc) is 3.78. The number of fused-ring (bicyclic) bond motifs is 6. The van der Waals surface area contributed by atoms with Crippen molar-refractivity contribution in [2.45, 2.75) is 256 Å². The van der Waals surface area contributed by atoms with Gasteiger partial charge in [-0.05, 0) is 151 Å². The lowest BCUT2D eigenvalue weighted by Crippen LogP contribution is -2.40. The molecule has 10 atom stereocenters. The molecule has 0 aromatic rings. The number of nitrogens with zero attached hydrogens (tertiary/aromatic N) is 6. The SMILES string of the molecule is CCN1C2CCCCC2C2CC(/C=N/N(CCCCCCCCCCN(/N=C/C3CCC4C(C3)C3CCCCC3N4CC)C3CCCCC3)C3CCCCC3)CCC21. The molecule has 10 unspecified atom stereocenters. The molecule has 330 valence electrons. The molecule has 8 fully saturated rings. The van der Waals surface area contributed by atoms with E-state index in [1.54, 1.807) is 0 Å². The first-order chi connectivity index (χ1) is 28.7. The standard InChI is InChI=1S/C52H92N6/c1-3-55-49-29-19-17-27-45(49)47-37-41(31-33-51(47)55)39-53-57(43-23-13-11-14-24-43)35-21-9-7-5-6-8-10-22-36-58(44-25-15-12-16-26-44)54-40-42-32-34-52-48(38-42)46-28-18-20-30-50(46)56(52)4-2/h39-52H,3-38H2,1-2H3/b53-39+,54-40+. The van der Waals surface area contributed by atoms with Crippen molar-refractivity contribution < 1.29 is 0 Å². The lowest BCUT2D eigenvalue weighted by molar-refractivity contribution is 0.140. The molecule has 8 aliphatic rings. The van der Waals surface area contributed by atoms with Gasteiger partial charge in [-0.15, -0.1) is 0 Å². The largest absolute Gasteiger partial charge is 0.297 e. The van der Waals surface area contributed by atoms with Gasteiger partial charge >= 0.3 is 0 Å². The smallest absolute Gasteiger partial charge is 0.0470 e. The van der Waals surface area contributed by atoms with E-state index in [-0.39, 0.29) is 0 Å². The average molecular weight is 801 g/mol. The molecule has 8 rings (SSSR count). The maximum atomic E-state index is 5.40. The predicted molar refractivity (Wildman–Crippen MR) is 247 cm³/mol. The van der Waals surface area contributed by atoms with Crippen molar-refractivity contribution >= 4 is 12.4 Å². The fourth-order valence-corrected chi connectivity index (χ4v) is 15.4. The van der Waals surface area contributed by atoms with E-state index in [0.717, 1.165) is 47.8 Å². The summed E-state index contributed by atoms with van der Waals surface area (Å²) in [5, 5.41) is 16.0. The molecule has 2 aliphatic heterocycles. The summed E-state index contributed by atoms with van der Waals surface area (Å²) in [6, 6.07) is 4.93. The Balaban J connectivity index is 0.733. The zero-order valence-electron chi connectivity index (χ0n) is 38.2. The third kappa shape index (κ3) is 10.7. The minimum absolute atomic E-state index is 0.696. The minimum Gasteiger partial charge on any atom is -0.297 e. The zero-order chi connectivity index (χ0) is 39.5. The number of hydrogen-bond donors (Lipinski definition) is 0. The van der Waals surface area contributed by atoms with Crippen LogP contribution in [-0.4, -0.2) is 94.7 Å². The summed E-state index contributed by atoms with van der Waals surface area (Å²) in [4.78, 5) is 5.89. The van der Waals surface area contributed by atoms with Gasteiger partial charge in [-0.1, -0.05) is 117 Å². The molecule has 2 heterocycles. The Kier molecular flexibility index (Phi) is 16.7. The van der Waals surface area contributed by atoms with Crippen molar-refractivity contribution in [2.24, 2.45) is 45.7 Å². The van der Waals surface area contributed by atoms with E-state index in [9.17, 15) is 0 Å². The predicted octanol–water partition coefficient (Wildman–Crippen LogP) is 12.7. The number of likely N-dealkylation sites (tertiary alicyclic amines) is 2. The van der Waals surface area contributed by atoms with Gasteiger partial charge in [0, 0.05) is 61.8 Å². The Morgan fingerprint density at radius 2 is 0.759 bits per heavy atom. The van der Waals surface area contributed by atoms with Gasteiger partial charge in [0.15, 0.2) is 0 Å². The van der Waals surface area contributed by atoms with E-state index in [4.69, 9.17) is 10.2 Å². The number of rotatable bonds is 19. The van der Waals surface area contributed by atoms with E-state index in [1.807, 2.05) is 0 Å². The van der Waals surface area contributed by atoms with Crippen LogP contribution < -0.4 is 0 Å². The molecule has 6 nitrogen and oxygen atoms in total. The van der Waals surface area contributed by atoms with Gasteiger partial charge in [-0.2, -0.15) is 10.2 Å². The number of unbranched alkanes of at least 4 members (excludes halogenated alkanes) is 7. The van der Waals surface area contributed by atoms with Crippen LogP contribution in [0.15, 0.2) is 10.2 Å². The highest BCUT2D eigenvalue weighted by atomic mass is 15.5. The van der Waals surface area contributed by atoms with Crippen molar-refractivity contribution in [3.63, 3.8) is 0 Å². The second kappa shape index (κ2) is 22.3. The van der Waals surface area contributed by atoms with Crippen LogP contribution in [0.3, 0.4) is 0 Å². The third-order valence-electron chi connectivity index (χ3n) is 18.3. The Morgan fingerprint density at radius 1 is 0.397 bits per heavy atom. The lowest BCUT2D eigenvalue weighted by Gasteiger charge is -2.36. The summed E-state index contributed by atoms with van der Waals surface area (Å²) < 4.78 is 0. The van der Waals surface area contributed by atoms with E-state index in [1.165, 1.54) is 232 Å². The Morgan fingerprint density at radius 3 is 1.17 bits per heavy atom. The van der Waals surface area contributed by atoms with Crippen LogP contribution in [0.1, 0.15) is 219 Å². The summed E-state index contributed by atoms with van der Waals surface area (Å²) in [6.45, 7) is 9.76. The first-order valence-corrected chi connectivity index (χ1v) is 26.8. The van der Waals surface area contributed by atoms with Gasteiger partial charge in [0.1, 0.15) is 0 Å². The summed E-state index contributed by atoms with van der Waals surface area (Å²) in [5.41, 5.74) is 0. The lowest BCUT2D eigenvalue weighted by atomic mass is 9.70. The van der Waals surface area contributed by atoms with Gasteiger partial charge in [0.2, 0.25) is 0 Å². The molecule has 0 N–H and O–H groups in total. The van der Waals surface area contributed by atoms with Gasteiger partial charge < -0.3 is 0 Å². The summed E-state index contributed by atoms with van der Waals surface area (Å²) in [6.07, 6.45) is 50.2. The first-order valence-electron chi connectivity index (χ1n) is 26.8. The quantitative estimate of drug-likeness (QED) is 0.0741. The Hall–Kier alpha value is -1.14. The van der Waals surface area contributed by atoms with Crippen molar-refractivity contribution in [1.82, 2.24) is 19.8 Å². The van der Waals surface area contributed by atoms with E-state index < -0.39 is 0 Å². The van der Waals surface area contributed by atoms with Crippen molar-refractivity contribution in [1.29, 1.82) is 0 Å². The van der Waals surface area contributed by atoms with E-state index in [0.29, 0.717) is 23.9 Å². The van der Waals surface area contributed by atoms with Gasteiger partial charge in [0.25, 0.3) is 0 Å². The third-order valence-corrected chi connectivity index (χ3v) is 18.3. The van der Waals surface area contributed by atoms with Crippen LogP contribution in [0.5, 0.6) is 0 Å². The number of hydrogen-bond acceptors (Lipinski definition) is 6. The van der Waals surface area contributed by atoms with Crippen molar-refractivity contribution in [3.05, 3.63) is 0 Å². The molecule has 0 radical (unpaired) electrons. The normalized spacial score (nSPS) is 36.6. The van der Waals surface area contributed by atoms with Crippen molar-refractivity contribution in [3.8, 4) is 0 Å². The maximum Gasteiger partial charge on any atom is 0.0470 e. The highest BCUT2D eigenvalue weighted by Crippen LogP contribution is 2.51. The van der Waals surface area contributed by atoms with Crippen LogP contribution >= 0.6 is 0 Å². The number of hydrazone groups is 2. The highest BCUT2D eigenvalue weighted by Gasteiger charge is 2.51. The fraction of sp³-hybridized carbons (Fsp3) is 0.962. The first kappa shape index (κ1) is 43.5. The molecular formula is C52H92N6. The van der Waals surface area contributed by atoms with E-state index >= 15 is 0 Å². The molecule has 2 saturated heterocycles. The van der Waals surface area contributed by atoms with Crippen LogP contribution in [-0.2, 0) is 0 Å². The second-order valence-electron chi connectivity index (χ2n) is 21.6. The van der Waals surface area contributed by atoms with Gasteiger partial charge in [0.05, 0.1) is 0 Å². The van der Waals surface area contributed by atoms with Crippen LogP contribution in [0.25, 0.3) is 0 Å². The summed E-state index contributed by atoms with van der Waals surface area (Å²) >= 11 is 0.